The normalized spacial score (nSPS) is 11.4. The van der Waals surface area contributed by atoms with E-state index in [4.69, 9.17) is 25.8 Å². The van der Waals surface area contributed by atoms with E-state index in [0.29, 0.717) is 18.1 Å². The van der Waals surface area contributed by atoms with Gasteiger partial charge < -0.3 is 19.5 Å². The van der Waals surface area contributed by atoms with E-state index in [1.54, 1.807) is 6.07 Å². The summed E-state index contributed by atoms with van der Waals surface area (Å²) in [5.74, 6) is -0.488. The van der Waals surface area contributed by atoms with Crippen LogP contribution in [0.4, 0.5) is 11.4 Å². The minimum absolute atomic E-state index is 0.00975. The topological polar surface area (TPSA) is 117 Å². The predicted octanol–water partition coefficient (Wildman–Crippen LogP) is 4.62. The molecule has 0 aliphatic heterocycles. The molecular weight excluding hydrogens is 428 g/mol. The Balaban J connectivity index is 2.02. The van der Waals surface area contributed by atoms with Crippen molar-refractivity contribution >= 4 is 34.9 Å². The SMILES string of the molecule is CCCCOc1ccc(C(=O)OC(C)C(=O)Nc2ccc([N+](=O)[O-])cc2Cl)cc1OC. The largest absolute Gasteiger partial charge is 0.493 e. The molecule has 0 heterocycles. The molecule has 166 valence electrons. The Morgan fingerprint density at radius 2 is 1.94 bits per heavy atom. The number of carbonyl (C=O) groups is 2. The van der Waals surface area contributed by atoms with Crippen molar-refractivity contribution in [3.63, 3.8) is 0 Å². The van der Waals surface area contributed by atoms with Crippen LogP contribution < -0.4 is 14.8 Å². The molecule has 0 saturated heterocycles. The van der Waals surface area contributed by atoms with Crippen molar-refractivity contribution in [1.29, 1.82) is 0 Å². The van der Waals surface area contributed by atoms with Crippen LogP contribution in [0.15, 0.2) is 36.4 Å². The number of hydrogen-bond donors (Lipinski definition) is 1. The number of carbonyl (C=O) groups excluding carboxylic acids is 2. The number of anilines is 1. The summed E-state index contributed by atoms with van der Waals surface area (Å²) < 4.78 is 16.1. The van der Waals surface area contributed by atoms with Gasteiger partial charge in [0.25, 0.3) is 11.6 Å². The lowest BCUT2D eigenvalue weighted by atomic mass is 10.2. The van der Waals surface area contributed by atoms with E-state index in [2.05, 4.69) is 5.32 Å². The third kappa shape index (κ3) is 6.58. The number of methoxy groups -OCH3 is 1. The molecule has 0 aliphatic carbocycles. The van der Waals surface area contributed by atoms with E-state index in [0.717, 1.165) is 18.9 Å². The average Bonchev–Trinajstić information content (AvgIpc) is 2.75. The second kappa shape index (κ2) is 11.2. The minimum Gasteiger partial charge on any atom is -0.493 e. The molecule has 0 aliphatic rings. The number of ether oxygens (including phenoxy) is 3. The molecule has 0 aromatic heterocycles. The van der Waals surface area contributed by atoms with Crippen molar-refractivity contribution in [2.75, 3.05) is 19.0 Å². The third-order valence-electron chi connectivity index (χ3n) is 4.23. The summed E-state index contributed by atoms with van der Waals surface area (Å²) >= 11 is 5.96. The average molecular weight is 451 g/mol. The number of rotatable bonds is 10. The minimum atomic E-state index is -1.15. The van der Waals surface area contributed by atoms with Crippen LogP contribution in [0, 0.1) is 10.1 Å². The van der Waals surface area contributed by atoms with Crippen molar-refractivity contribution in [1.82, 2.24) is 0 Å². The Hall–Kier alpha value is -3.33. The second-order valence-electron chi connectivity index (χ2n) is 6.53. The summed E-state index contributed by atoms with van der Waals surface area (Å²) in [4.78, 5) is 35.0. The molecule has 1 unspecified atom stereocenters. The zero-order chi connectivity index (χ0) is 23.0. The van der Waals surface area contributed by atoms with E-state index in [1.807, 2.05) is 6.92 Å². The maximum absolute atomic E-state index is 12.4. The molecule has 2 aromatic rings. The molecule has 2 rings (SSSR count). The van der Waals surface area contributed by atoms with Gasteiger partial charge in [0.2, 0.25) is 0 Å². The van der Waals surface area contributed by atoms with Gasteiger partial charge in [0, 0.05) is 12.1 Å². The number of halogens is 1. The molecule has 9 nitrogen and oxygen atoms in total. The van der Waals surface area contributed by atoms with Gasteiger partial charge in [0.1, 0.15) is 0 Å². The van der Waals surface area contributed by atoms with Gasteiger partial charge in [-0.2, -0.15) is 0 Å². The van der Waals surface area contributed by atoms with Crippen LogP contribution >= 0.6 is 11.6 Å². The summed E-state index contributed by atoms with van der Waals surface area (Å²) in [5.41, 5.74) is 0.140. The van der Waals surface area contributed by atoms with Crippen LogP contribution in [0.1, 0.15) is 37.0 Å². The van der Waals surface area contributed by atoms with E-state index >= 15 is 0 Å². The molecule has 0 fully saturated rings. The third-order valence-corrected chi connectivity index (χ3v) is 4.54. The van der Waals surface area contributed by atoms with Gasteiger partial charge in [-0.3, -0.25) is 14.9 Å². The maximum Gasteiger partial charge on any atom is 0.339 e. The summed E-state index contributed by atoms with van der Waals surface area (Å²) in [6.07, 6.45) is 0.723. The molecule has 0 saturated carbocycles. The molecule has 0 bridgehead atoms. The zero-order valence-corrected chi connectivity index (χ0v) is 18.1. The first-order valence-electron chi connectivity index (χ1n) is 9.53. The van der Waals surface area contributed by atoms with Crippen molar-refractivity contribution < 1.29 is 28.7 Å². The van der Waals surface area contributed by atoms with Crippen molar-refractivity contribution in [2.24, 2.45) is 0 Å². The van der Waals surface area contributed by atoms with Crippen LogP contribution in [0.2, 0.25) is 5.02 Å². The number of nitro groups is 1. The van der Waals surface area contributed by atoms with Crippen molar-refractivity contribution in [3.8, 4) is 11.5 Å². The maximum atomic E-state index is 12.4. The van der Waals surface area contributed by atoms with Gasteiger partial charge in [-0.15, -0.1) is 0 Å². The fourth-order valence-corrected chi connectivity index (χ4v) is 2.70. The van der Waals surface area contributed by atoms with E-state index in [1.165, 1.54) is 38.3 Å². The number of nitrogens with zero attached hydrogens (tertiary/aromatic N) is 1. The number of nitro benzene ring substituents is 1. The molecule has 0 radical (unpaired) electrons. The Bertz CT molecular complexity index is 965. The van der Waals surface area contributed by atoms with E-state index < -0.39 is 22.9 Å². The number of amides is 1. The first kappa shape index (κ1) is 23.9. The highest BCUT2D eigenvalue weighted by atomic mass is 35.5. The molecule has 2 aromatic carbocycles. The van der Waals surface area contributed by atoms with Gasteiger partial charge in [-0.1, -0.05) is 24.9 Å². The lowest BCUT2D eigenvalue weighted by Crippen LogP contribution is -2.30. The summed E-state index contributed by atoms with van der Waals surface area (Å²) in [6.45, 7) is 3.97. The van der Waals surface area contributed by atoms with Gasteiger partial charge in [0.15, 0.2) is 17.6 Å². The van der Waals surface area contributed by atoms with Crippen LogP contribution in [0.25, 0.3) is 0 Å². The number of hydrogen-bond acceptors (Lipinski definition) is 7. The Morgan fingerprint density at radius 3 is 2.55 bits per heavy atom. The number of benzene rings is 2. The van der Waals surface area contributed by atoms with Crippen LogP contribution in [-0.2, 0) is 9.53 Å². The van der Waals surface area contributed by atoms with Crippen molar-refractivity contribution in [3.05, 3.63) is 57.1 Å². The van der Waals surface area contributed by atoms with Gasteiger partial charge in [-0.25, -0.2) is 4.79 Å². The lowest BCUT2D eigenvalue weighted by Gasteiger charge is -2.15. The second-order valence-corrected chi connectivity index (χ2v) is 6.93. The molecular formula is C21H23ClN2O7. The number of non-ortho nitro benzene ring substituents is 1. The van der Waals surface area contributed by atoms with E-state index in [9.17, 15) is 19.7 Å². The van der Waals surface area contributed by atoms with Gasteiger partial charge in [-0.05, 0) is 37.6 Å². The molecule has 1 N–H and O–H groups in total. The number of nitrogens with one attached hydrogen (secondary N) is 1. The molecule has 1 amide bonds. The highest BCUT2D eigenvalue weighted by molar-refractivity contribution is 6.34. The fraction of sp³-hybridized carbons (Fsp3) is 0.333. The highest BCUT2D eigenvalue weighted by Gasteiger charge is 2.21. The van der Waals surface area contributed by atoms with Gasteiger partial charge >= 0.3 is 5.97 Å². The van der Waals surface area contributed by atoms with Crippen LogP contribution in [0.5, 0.6) is 11.5 Å². The Labute approximate surface area is 184 Å². The molecule has 0 spiro atoms. The van der Waals surface area contributed by atoms with Crippen LogP contribution in [-0.4, -0.2) is 36.6 Å². The monoisotopic (exact) mass is 450 g/mol. The quantitative estimate of drug-likeness (QED) is 0.243. The Kier molecular flexibility index (Phi) is 8.63. The van der Waals surface area contributed by atoms with Crippen LogP contribution in [0.3, 0.4) is 0 Å². The highest BCUT2D eigenvalue weighted by Crippen LogP contribution is 2.29. The first-order chi connectivity index (χ1) is 14.8. The summed E-state index contributed by atoms with van der Waals surface area (Å²) in [5, 5.41) is 13.2. The Morgan fingerprint density at radius 1 is 1.19 bits per heavy atom. The molecule has 1 atom stereocenters. The zero-order valence-electron chi connectivity index (χ0n) is 17.3. The van der Waals surface area contributed by atoms with E-state index in [-0.39, 0.29) is 22.0 Å². The summed E-state index contributed by atoms with van der Waals surface area (Å²) in [7, 11) is 1.46. The lowest BCUT2D eigenvalue weighted by molar-refractivity contribution is -0.384. The predicted molar refractivity (Wildman–Crippen MR) is 115 cm³/mol. The molecule has 31 heavy (non-hydrogen) atoms. The first-order valence-corrected chi connectivity index (χ1v) is 9.91. The van der Waals surface area contributed by atoms with Crippen molar-refractivity contribution in [2.45, 2.75) is 32.8 Å². The molecule has 10 heteroatoms. The smallest absolute Gasteiger partial charge is 0.339 e. The van der Waals surface area contributed by atoms with Gasteiger partial charge in [0.05, 0.1) is 34.9 Å². The standard InChI is InChI=1S/C21H23ClN2O7/c1-4-5-10-30-18-9-6-14(11-19(18)29-3)21(26)31-13(2)20(25)23-17-8-7-15(24(27)28)12-16(17)22/h6-9,11-13H,4-5,10H2,1-3H3,(H,23,25). The summed E-state index contributed by atoms with van der Waals surface area (Å²) in [6, 6.07) is 8.21. The number of esters is 1. The number of unbranched alkanes of at least 4 members (excludes halogenated alkanes) is 1. The fourth-order valence-electron chi connectivity index (χ4n) is 2.48.